The minimum Gasteiger partial charge on any atom is -0.274 e. The number of nitrogens with one attached hydrogen (secondary N) is 1. The zero-order chi connectivity index (χ0) is 16.6. The van der Waals surface area contributed by atoms with Crippen LogP contribution in [0.25, 0.3) is 5.82 Å². The summed E-state index contributed by atoms with van der Waals surface area (Å²) in [5.41, 5.74) is 0.405. The first-order valence-corrected chi connectivity index (χ1v) is 7.33. The van der Waals surface area contributed by atoms with Gasteiger partial charge in [0, 0.05) is 18.2 Å². The highest BCUT2D eigenvalue weighted by Crippen LogP contribution is 2.52. The summed E-state index contributed by atoms with van der Waals surface area (Å²) in [7, 11) is 0. The number of aromatic amines is 1. The van der Waals surface area contributed by atoms with Crippen LogP contribution in [0.1, 0.15) is 23.6 Å². The van der Waals surface area contributed by atoms with Crippen LogP contribution < -0.4 is 11.2 Å². The van der Waals surface area contributed by atoms with Gasteiger partial charge in [-0.3, -0.25) is 23.1 Å². The molecular weight excluding hydrogens is 306 g/mol. The number of hydrogen-bond acceptors (Lipinski definition) is 4. The van der Waals surface area contributed by atoms with Gasteiger partial charge in [0.25, 0.3) is 5.56 Å². The molecule has 2 unspecified atom stereocenters. The lowest BCUT2D eigenvalue weighted by atomic mass is 10.0. The molecule has 1 aliphatic carbocycles. The molecule has 2 aromatic rings. The highest BCUT2D eigenvalue weighted by atomic mass is 19.1. The summed E-state index contributed by atoms with van der Waals surface area (Å²) in [6, 6.07) is 2.91. The average molecular weight is 322 g/mol. The predicted octanol–water partition coefficient (Wildman–Crippen LogP) is 1.28. The van der Waals surface area contributed by atoms with E-state index in [-0.39, 0.29) is 17.7 Å². The van der Waals surface area contributed by atoms with Crippen LogP contribution in [0.5, 0.6) is 0 Å². The first-order chi connectivity index (χ1) is 11.0. The molecule has 122 valence electrons. The van der Waals surface area contributed by atoms with Gasteiger partial charge >= 0.3 is 5.69 Å². The molecule has 1 fully saturated rings. The number of halogens is 2. The summed E-state index contributed by atoms with van der Waals surface area (Å²) >= 11 is 0. The van der Waals surface area contributed by atoms with Crippen LogP contribution in [0.2, 0.25) is 0 Å². The maximum absolute atomic E-state index is 12.8. The molecule has 2 heterocycles. The molecule has 1 saturated carbocycles. The molecule has 8 heteroatoms. The molecule has 0 amide bonds. The van der Waals surface area contributed by atoms with Crippen molar-refractivity contribution in [1.29, 1.82) is 0 Å². The Morgan fingerprint density at radius 3 is 2.74 bits per heavy atom. The van der Waals surface area contributed by atoms with Gasteiger partial charge in [-0.1, -0.05) is 0 Å². The van der Waals surface area contributed by atoms with Gasteiger partial charge in [-0.05, 0) is 36.8 Å². The van der Waals surface area contributed by atoms with Gasteiger partial charge in [0.1, 0.15) is 0 Å². The number of aromatic nitrogens is 4. The van der Waals surface area contributed by atoms with Crippen molar-refractivity contribution in [1.82, 2.24) is 19.7 Å². The summed E-state index contributed by atoms with van der Waals surface area (Å²) in [5, 5.41) is 8.00. The minimum atomic E-state index is -0.679. The maximum atomic E-state index is 12.8. The Labute approximate surface area is 130 Å². The molecule has 1 N–H and O–H groups in total. The van der Waals surface area contributed by atoms with Crippen molar-refractivity contribution in [2.75, 3.05) is 13.3 Å². The summed E-state index contributed by atoms with van der Waals surface area (Å²) in [4.78, 5) is 25.1. The Morgan fingerprint density at radius 1 is 1.35 bits per heavy atom. The average Bonchev–Trinajstić information content (AvgIpc) is 3.30. The second-order valence-electron chi connectivity index (χ2n) is 5.80. The van der Waals surface area contributed by atoms with E-state index in [9.17, 15) is 18.4 Å². The molecule has 2 aromatic heterocycles. The Bertz CT molecular complexity index is 829. The standard InChI is InChI=1S/C15H16F2N4O2/c1-8-10(12-4-11(12)9(6-16)7-17)5-13(20-19-8)21-3-2-14(22)18-15(21)23/h2-3,5,9,11-12H,4,6-7H2,1H3,(H,18,22,23). The number of alkyl halides is 2. The Balaban J connectivity index is 1.95. The van der Waals surface area contributed by atoms with E-state index in [1.807, 2.05) is 0 Å². The second-order valence-corrected chi connectivity index (χ2v) is 5.80. The van der Waals surface area contributed by atoms with Gasteiger partial charge < -0.3 is 0 Å². The fourth-order valence-electron chi connectivity index (χ4n) is 2.91. The summed E-state index contributed by atoms with van der Waals surface area (Å²) in [6.45, 7) is 0.417. The van der Waals surface area contributed by atoms with Crippen LogP contribution in [0.15, 0.2) is 27.9 Å². The van der Waals surface area contributed by atoms with Crippen molar-refractivity contribution in [2.45, 2.75) is 19.3 Å². The first-order valence-electron chi connectivity index (χ1n) is 7.33. The Hall–Kier alpha value is -2.38. The molecule has 0 aromatic carbocycles. The molecular formula is C15H16F2N4O2. The fourth-order valence-corrected chi connectivity index (χ4v) is 2.91. The molecule has 1 aliphatic rings. The lowest BCUT2D eigenvalue weighted by Gasteiger charge is -2.10. The smallest absolute Gasteiger partial charge is 0.274 e. The normalized spacial score (nSPS) is 20.0. The lowest BCUT2D eigenvalue weighted by Crippen LogP contribution is -2.28. The van der Waals surface area contributed by atoms with Crippen molar-refractivity contribution in [3.8, 4) is 5.82 Å². The third-order valence-corrected chi connectivity index (χ3v) is 4.32. The van der Waals surface area contributed by atoms with E-state index >= 15 is 0 Å². The van der Waals surface area contributed by atoms with Crippen molar-refractivity contribution in [3.05, 3.63) is 50.4 Å². The fraction of sp³-hybridized carbons (Fsp3) is 0.467. The third kappa shape index (κ3) is 2.93. The quantitative estimate of drug-likeness (QED) is 0.899. The van der Waals surface area contributed by atoms with Crippen molar-refractivity contribution < 1.29 is 8.78 Å². The molecule has 0 bridgehead atoms. The van der Waals surface area contributed by atoms with Gasteiger partial charge in [-0.2, -0.15) is 5.10 Å². The number of H-pyrrole nitrogens is 1. The van der Waals surface area contributed by atoms with Crippen LogP contribution in [0.4, 0.5) is 8.78 Å². The first kappa shape index (κ1) is 15.5. The third-order valence-electron chi connectivity index (χ3n) is 4.32. The predicted molar refractivity (Wildman–Crippen MR) is 79.3 cm³/mol. The van der Waals surface area contributed by atoms with Crippen molar-refractivity contribution >= 4 is 0 Å². The molecule has 0 radical (unpaired) electrons. The van der Waals surface area contributed by atoms with Gasteiger partial charge in [0.05, 0.1) is 19.0 Å². The Kier molecular flexibility index (Phi) is 4.06. The molecule has 0 spiro atoms. The largest absolute Gasteiger partial charge is 0.334 e. The molecule has 6 nitrogen and oxygen atoms in total. The van der Waals surface area contributed by atoms with E-state index in [1.165, 1.54) is 16.8 Å². The van der Waals surface area contributed by atoms with Crippen LogP contribution in [0.3, 0.4) is 0 Å². The molecule has 23 heavy (non-hydrogen) atoms. The second kappa shape index (κ2) is 6.02. The number of hydrogen-bond donors (Lipinski definition) is 1. The molecule has 0 aliphatic heterocycles. The topological polar surface area (TPSA) is 80.6 Å². The molecule has 0 saturated heterocycles. The van der Waals surface area contributed by atoms with Crippen LogP contribution in [-0.2, 0) is 0 Å². The van der Waals surface area contributed by atoms with Crippen LogP contribution in [-0.4, -0.2) is 33.1 Å². The lowest BCUT2D eigenvalue weighted by molar-refractivity contribution is 0.260. The summed E-state index contributed by atoms with van der Waals surface area (Å²) < 4.78 is 26.8. The SMILES string of the molecule is Cc1nnc(-n2ccc(=O)[nH]c2=O)cc1C1CC1C(CF)CF. The van der Waals surface area contributed by atoms with Gasteiger partial charge in [0.15, 0.2) is 5.82 Å². The van der Waals surface area contributed by atoms with Gasteiger partial charge in [-0.15, -0.1) is 5.10 Å². The van der Waals surface area contributed by atoms with Gasteiger partial charge in [0.2, 0.25) is 0 Å². The van der Waals surface area contributed by atoms with E-state index in [0.717, 1.165) is 5.56 Å². The highest BCUT2D eigenvalue weighted by Gasteiger charge is 2.45. The zero-order valence-electron chi connectivity index (χ0n) is 12.5. The van der Waals surface area contributed by atoms with Crippen LogP contribution in [0, 0.1) is 18.8 Å². The number of nitrogens with zero attached hydrogens (tertiary/aromatic N) is 3. The minimum absolute atomic E-state index is 0.0270. The van der Waals surface area contributed by atoms with E-state index in [0.29, 0.717) is 12.1 Å². The monoisotopic (exact) mass is 322 g/mol. The summed E-state index contributed by atoms with van der Waals surface area (Å²) in [6.07, 6.45) is 2.02. The van der Waals surface area contributed by atoms with Gasteiger partial charge in [-0.25, -0.2) is 4.79 Å². The van der Waals surface area contributed by atoms with Crippen molar-refractivity contribution in [3.63, 3.8) is 0 Å². The Morgan fingerprint density at radius 2 is 2.09 bits per heavy atom. The molecule has 2 atom stereocenters. The van der Waals surface area contributed by atoms with E-state index < -0.39 is 30.5 Å². The maximum Gasteiger partial charge on any atom is 0.334 e. The molecule has 3 rings (SSSR count). The van der Waals surface area contributed by atoms with Crippen molar-refractivity contribution in [2.24, 2.45) is 11.8 Å². The summed E-state index contributed by atoms with van der Waals surface area (Å²) in [5.74, 6) is -0.339. The number of rotatable bonds is 5. The zero-order valence-corrected chi connectivity index (χ0v) is 12.5. The van der Waals surface area contributed by atoms with E-state index in [2.05, 4.69) is 15.2 Å². The van der Waals surface area contributed by atoms with Crippen LogP contribution >= 0.6 is 0 Å². The highest BCUT2D eigenvalue weighted by molar-refractivity contribution is 5.35. The van der Waals surface area contributed by atoms with E-state index in [4.69, 9.17) is 0 Å². The number of aryl methyl sites for hydroxylation is 1. The van der Waals surface area contributed by atoms with E-state index in [1.54, 1.807) is 13.0 Å².